The summed E-state index contributed by atoms with van der Waals surface area (Å²) in [5.41, 5.74) is 1.01. The SMILES string of the molecule is COc1cc(Cl)ccc1C=CCS. The molecule has 0 fully saturated rings. The van der Waals surface area contributed by atoms with Gasteiger partial charge in [0.15, 0.2) is 0 Å². The van der Waals surface area contributed by atoms with Crippen LogP contribution in [0, 0.1) is 0 Å². The van der Waals surface area contributed by atoms with Gasteiger partial charge in [-0.3, -0.25) is 0 Å². The zero-order valence-electron chi connectivity index (χ0n) is 7.33. The third-order valence-corrected chi connectivity index (χ3v) is 2.04. The van der Waals surface area contributed by atoms with Gasteiger partial charge >= 0.3 is 0 Å². The quantitative estimate of drug-likeness (QED) is 0.760. The standard InChI is InChI=1S/C10H11ClOS/c1-12-10-7-9(11)5-4-8(10)3-2-6-13/h2-5,7,13H,6H2,1H3. The van der Waals surface area contributed by atoms with Gasteiger partial charge in [0.05, 0.1) is 7.11 Å². The molecule has 0 unspecified atom stereocenters. The summed E-state index contributed by atoms with van der Waals surface area (Å²) in [7, 11) is 1.63. The van der Waals surface area contributed by atoms with Crippen LogP contribution in [-0.4, -0.2) is 12.9 Å². The second kappa shape index (κ2) is 5.20. The first kappa shape index (κ1) is 10.5. The zero-order valence-corrected chi connectivity index (χ0v) is 8.98. The van der Waals surface area contributed by atoms with E-state index in [0.717, 1.165) is 11.3 Å². The molecule has 70 valence electrons. The third kappa shape index (κ3) is 2.98. The maximum Gasteiger partial charge on any atom is 0.127 e. The minimum Gasteiger partial charge on any atom is -0.496 e. The van der Waals surface area contributed by atoms with E-state index in [-0.39, 0.29) is 0 Å². The Hall–Kier alpha value is -0.600. The highest BCUT2D eigenvalue weighted by molar-refractivity contribution is 7.80. The first-order valence-corrected chi connectivity index (χ1v) is 4.90. The number of thiol groups is 1. The van der Waals surface area contributed by atoms with Crippen molar-refractivity contribution in [3.63, 3.8) is 0 Å². The lowest BCUT2D eigenvalue weighted by molar-refractivity contribution is 0.414. The first-order valence-electron chi connectivity index (χ1n) is 3.89. The monoisotopic (exact) mass is 214 g/mol. The molecular formula is C10H11ClOS. The fraction of sp³-hybridized carbons (Fsp3) is 0.200. The van der Waals surface area contributed by atoms with Crippen molar-refractivity contribution in [1.29, 1.82) is 0 Å². The smallest absolute Gasteiger partial charge is 0.127 e. The highest BCUT2D eigenvalue weighted by Crippen LogP contribution is 2.23. The Bertz CT molecular complexity index is 310. The second-order valence-electron chi connectivity index (χ2n) is 2.47. The van der Waals surface area contributed by atoms with Gasteiger partial charge in [0.25, 0.3) is 0 Å². The molecule has 13 heavy (non-hydrogen) atoms. The average Bonchev–Trinajstić information content (AvgIpc) is 2.16. The predicted molar refractivity (Wildman–Crippen MR) is 60.9 cm³/mol. The lowest BCUT2D eigenvalue weighted by Gasteiger charge is -2.04. The van der Waals surface area contributed by atoms with E-state index >= 15 is 0 Å². The van der Waals surface area contributed by atoms with Crippen LogP contribution in [-0.2, 0) is 0 Å². The molecule has 0 saturated carbocycles. The maximum atomic E-state index is 5.81. The molecule has 0 bridgehead atoms. The van der Waals surface area contributed by atoms with Crippen LogP contribution in [0.4, 0.5) is 0 Å². The zero-order chi connectivity index (χ0) is 9.68. The van der Waals surface area contributed by atoms with Crippen molar-refractivity contribution in [3.05, 3.63) is 34.9 Å². The molecule has 0 spiro atoms. The van der Waals surface area contributed by atoms with Gasteiger partial charge in [0.1, 0.15) is 5.75 Å². The highest BCUT2D eigenvalue weighted by Gasteiger charge is 1.99. The Balaban J connectivity index is 2.99. The van der Waals surface area contributed by atoms with Crippen LogP contribution in [0.3, 0.4) is 0 Å². The summed E-state index contributed by atoms with van der Waals surface area (Å²) in [4.78, 5) is 0. The highest BCUT2D eigenvalue weighted by atomic mass is 35.5. The van der Waals surface area contributed by atoms with E-state index in [2.05, 4.69) is 12.6 Å². The average molecular weight is 215 g/mol. The number of methoxy groups -OCH3 is 1. The number of ether oxygens (including phenoxy) is 1. The molecule has 0 aromatic heterocycles. The lowest BCUT2D eigenvalue weighted by Crippen LogP contribution is -1.86. The molecular weight excluding hydrogens is 204 g/mol. The van der Waals surface area contributed by atoms with Crippen LogP contribution in [0.5, 0.6) is 5.75 Å². The van der Waals surface area contributed by atoms with Crippen LogP contribution in [0.2, 0.25) is 5.02 Å². The van der Waals surface area contributed by atoms with Gasteiger partial charge in [-0.15, -0.1) is 0 Å². The van der Waals surface area contributed by atoms with Crippen LogP contribution in [0.15, 0.2) is 24.3 Å². The fourth-order valence-corrected chi connectivity index (χ4v) is 1.27. The molecule has 3 heteroatoms. The van der Waals surface area contributed by atoms with Crippen molar-refractivity contribution in [2.24, 2.45) is 0 Å². The predicted octanol–water partition coefficient (Wildman–Crippen LogP) is 3.29. The third-order valence-electron chi connectivity index (χ3n) is 1.60. The van der Waals surface area contributed by atoms with E-state index in [1.165, 1.54) is 0 Å². The fourth-order valence-electron chi connectivity index (χ4n) is 1.00. The molecule has 1 nitrogen and oxygen atoms in total. The van der Waals surface area contributed by atoms with E-state index in [1.807, 2.05) is 24.3 Å². The normalized spacial score (nSPS) is 10.7. The van der Waals surface area contributed by atoms with Crippen molar-refractivity contribution in [2.75, 3.05) is 12.9 Å². The molecule has 1 aromatic carbocycles. The van der Waals surface area contributed by atoms with Crippen molar-refractivity contribution in [3.8, 4) is 5.75 Å². The molecule has 0 amide bonds. The Morgan fingerprint density at radius 2 is 2.31 bits per heavy atom. The molecule has 1 rings (SSSR count). The lowest BCUT2D eigenvalue weighted by atomic mass is 10.2. The van der Waals surface area contributed by atoms with Gasteiger partial charge in [-0.2, -0.15) is 12.6 Å². The Kier molecular flexibility index (Phi) is 4.19. The Morgan fingerprint density at radius 1 is 1.54 bits per heavy atom. The van der Waals surface area contributed by atoms with Crippen molar-refractivity contribution >= 4 is 30.3 Å². The van der Waals surface area contributed by atoms with Crippen molar-refractivity contribution < 1.29 is 4.74 Å². The molecule has 0 aliphatic rings. The van der Waals surface area contributed by atoms with Crippen LogP contribution in [0.25, 0.3) is 6.08 Å². The molecule has 0 atom stereocenters. The van der Waals surface area contributed by atoms with Gasteiger partial charge in [-0.05, 0) is 18.2 Å². The van der Waals surface area contributed by atoms with E-state index in [1.54, 1.807) is 13.2 Å². The first-order chi connectivity index (χ1) is 6.27. The second-order valence-corrected chi connectivity index (χ2v) is 3.27. The number of benzene rings is 1. The molecule has 0 aliphatic heterocycles. The van der Waals surface area contributed by atoms with Gasteiger partial charge in [0, 0.05) is 16.3 Å². The summed E-state index contributed by atoms with van der Waals surface area (Å²) in [5.74, 6) is 1.50. The summed E-state index contributed by atoms with van der Waals surface area (Å²) in [6.07, 6.45) is 3.91. The van der Waals surface area contributed by atoms with Gasteiger partial charge in [-0.25, -0.2) is 0 Å². The van der Waals surface area contributed by atoms with Crippen LogP contribution in [0.1, 0.15) is 5.56 Å². The van der Waals surface area contributed by atoms with E-state index in [0.29, 0.717) is 10.8 Å². The molecule has 1 aromatic rings. The van der Waals surface area contributed by atoms with Crippen molar-refractivity contribution in [1.82, 2.24) is 0 Å². The van der Waals surface area contributed by atoms with E-state index < -0.39 is 0 Å². The molecule has 0 radical (unpaired) electrons. The number of rotatable bonds is 3. The topological polar surface area (TPSA) is 9.23 Å². The summed E-state index contributed by atoms with van der Waals surface area (Å²) in [6.45, 7) is 0. The van der Waals surface area contributed by atoms with E-state index in [4.69, 9.17) is 16.3 Å². The number of hydrogen-bond donors (Lipinski definition) is 1. The summed E-state index contributed by atoms with van der Waals surface area (Å²) in [5, 5.41) is 0.680. The molecule has 0 heterocycles. The van der Waals surface area contributed by atoms with Crippen LogP contribution < -0.4 is 4.74 Å². The minimum absolute atomic E-state index is 0.680. The molecule has 0 saturated heterocycles. The van der Waals surface area contributed by atoms with Crippen LogP contribution >= 0.6 is 24.2 Å². The van der Waals surface area contributed by atoms with Gasteiger partial charge < -0.3 is 4.74 Å². The molecule has 0 aliphatic carbocycles. The summed E-state index contributed by atoms with van der Waals surface area (Å²) < 4.78 is 5.16. The minimum atomic E-state index is 0.680. The largest absolute Gasteiger partial charge is 0.496 e. The Morgan fingerprint density at radius 3 is 2.92 bits per heavy atom. The van der Waals surface area contributed by atoms with Gasteiger partial charge in [-0.1, -0.05) is 23.8 Å². The summed E-state index contributed by atoms with van der Waals surface area (Å²) >= 11 is 9.89. The van der Waals surface area contributed by atoms with Gasteiger partial charge in [0.2, 0.25) is 0 Å². The maximum absolute atomic E-state index is 5.81. The summed E-state index contributed by atoms with van der Waals surface area (Å²) in [6, 6.07) is 5.54. The van der Waals surface area contributed by atoms with Crippen molar-refractivity contribution in [2.45, 2.75) is 0 Å². The Labute approximate surface area is 88.8 Å². The number of halogens is 1. The molecule has 0 N–H and O–H groups in total. The number of hydrogen-bond acceptors (Lipinski definition) is 2. The van der Waals surface area contributed by atoms with E-state index in [9.17, 15) is 0 Å².